The van der Waals surface area contributed by atoms with Crippen LogP contribution in [0.3, 0.4) is 0 Å². The summed E-state index contributed by atoms with van der Waals surface area (Å²) in [5.41, 5.74) is 0. The fourth-order valence-electron chi connectivity index (χ4n) is 2.48. The van der Waals surface area contributed by atoms with E-state index in [1.54, 1.807) is 6.07 Å². The Balaban J connectivity index is 1.55. The molecule has 0 amide bonds. The van der Waals surface area contributed by atoms with Crippen LogP contribution in [0.25, 0.3) is 0 Å². The summed E-state index contributed by atoms with van der Waals surface area (Å²) in [7, 11) is -3.33. The van der Waals surface area contributed by atoms with Gasteiger partial charge in [-0.05, 0) is 36.6 Å². The first-order valence-electron chi connectivity index (χ1n) is 7.44. The topological polar surface area (TPSA) is 58.2 Å². The lowest BCUT2D eigenvalue weighted by Crippen LogP contribution is -2.28. The largest absolute Gasteiger partial charge is 0.309 e. The lowest BCUT2D eigenvalue weighted by molar-refractivity contribution is 0.297. The molecule has 0 unspecified atom stereocenters. The maximum atomic E-state index is 12.3. The van der Waals surface area contributed by atoms with Crippen LogP contribution in [0.4, 0.5) is 0 Å². The molecule has 1 aromatic rings. The molecule has 2 fully saturated rings. The lowest BCUT2D eigenvalue weighted by Gasteiger charge is -2.25. The highest BCUT2D eigenvalue weighted by molar-refractivity contribution is 7.89. The van der Waals surface area contributed by atoms with Crippen molar-refractivity contribution >= 4 is 21.4 Å². The van der Waals surface area contributed by atoms with Crippen molar-refractivity contribution < 1.29 is 8.42 Å². The van der Waals surface area contributed by atoms with Crippen LogP contribution in [0.1, 0.15) is 43.4 Å². The number of sulfonamides is 1. The maximum Gasteiger partial charge on any atom is 0.241 e. The Morgan fingerprint density at radius 1 is 1.25 bits per heavy atom. The van der Waals surface area contributed by atoms with Gasteiger partial charge in [0.1, 0.15) is 0 Å². The number of thiophene rings is 1. The van der Waals surface area contributed by atoms with E-state index in [0.717, 1.165) is 17.2 Å². The predicted octanol–water partition coefficient (Wildman–Crippen LogP) is 2.47. The Bertz CT molecular complexity index is 545. The zero-order chi connectivity index (χ0) is 14.0. The summed E-state index contributed by atoms with van der Waals surface area (Å²) in [5, 5.41) is 5.25. The van der Waals surface area contributed by atoms with Gasteiger partial charge in [-0.15, -0.1) is 11.3 Å². The van der Waals surface area contributed by atoms with Crippen LogP contribution in [0.15, 0.2) is 16.3 Å². The van der Waals surface area contributed by atoms with Crippen LogP contribution < -0.4 is 10.0 Å². The fraction of sp³-hybridized carbons (Fsp3) is 0.714. The quantitative estimate of drug-likeness (QED) is 0.775. The molecule has 0 spiro atoms. The van der Waals surface area contributed by atoms with Gasteiger partial charge in [0.2, 0.25) is 10.0 Å². The molecule has 6 heteroatoms. The first-order valence-corrected chi connectivity index (χ1v) is 9.81. The molecule has 1 heterocycles. The Hall–Kier alpha value is -0.430. The van der Waals surface area contributed by atoms with E-state index in [2.05, 4.69) is 10.0 Å². The van der Waals surface area contributed by atoms with Crippen LogP contribution in [0, 0.1) is 5.92 Å². The van der Waals surface area contributed by atoms with Crippen LogP contribution in [-0.2, 0) is 16.6 Å². The molecule has 3 rings (SSSR count). The second kappa shape index (κ2) is 6.13. The van der Waals surface area contributed by atoms with E-state index in [1.807, 2.05) is 5.38 Å². The molecular weight excluding hydrogens is 292 g/mol. The molecule has 4 nitrogen and oxygen atoms in total. The van der Waals surface area contributed by atoms with Crippen LogP contribution in [0.5, 0.6) is 0 Å². The van der Waals surface area contributed by atoms with E-state index in [1.165, 1.54) is 43.4 Å². The zero-order valence-electron chi connectivity index (χ0n) is 11.6. The summed E-state index contributed by atoms with van der Waals surface area (Å²) in [5.74, 6) is 0.733. The second-order valence-electron chi connectivity index (χ2n) is 5.85. The average Bonchev–Trinajstić information content (AvgIpc) is 3.06. The van der Waals surface area contributed by atoms with Crippen molar-refractivity contribution in [2.24, 2.45) is 5.92 Å². The van der Waals surface area contributed by atoms with E-state index in [0.29, 0.717) is 24.0 Å². The second-order valence-corrected chi connectivity index (χ2v) is 8.58. The predicted molar refractivity (Wildman–Crippen MR) is 81.3 cm³/mol. The highest BCUT2D eigenvalue weighted by Gasteiger charge is 2.24. The summed E-state index contributed by atoms with van der Waals surface area (Å²) in [6, 6.07) is 2.32. The van der Waals surface area contributed by atoms with Gasteiger partial charge in [0.25, 0.3) is 0 Å². The molecule has 0 radical (unpaired) electrons. The molecule has 2 aliphatic rings. The average molecular weight is 314 g/mol. The summed E-state index contributed by atoms with van der Waals surface area (Å²) < 4.78 is 27.4. The summed E-state index contributed by atoms with van der Waals surface area (Å²) in [6.45, 7) is 1.24. The van der Waals surface area contributed by atoms with Gasteiger partial charge in [-0.3, -0.25) is 0 Å². The Morgan fingerprint density at radius 3 is 2.70 bits per heavy atom. The number of nitrogens with one attached hydrogen (secondary N) is 2. The fourth-order valence-corrected chi connectivity index (χ4v) is 4.92. The number of rotatable bonds is 8. The maximum absolute atomic E-state index is 12.3. The van der Waals surface area contributed by atoms with Crippen molar-refractivity contribution in [1.82, 2.24) is 10.0 Å². The SMILES string of the molecule is O=S(=O)(NCCC1CCC1)c1ccsc1CNC1CC1. The number of hydrogen-bond donors (Lipinski definition) is 2. The molecule has 112 valence electrons. The number of hydrogen-bond acceptors (Lipinski definition) is 4. The normalized spacial score (nSPS) is 20.0. The third-order valence-corrected chi connectivity index (χ3v) is 6.79. The summed E-state index contributed by atoms with van der Waals surface area (Å²) in [6.07, 6.45) is 7.23. The third-order valence-electron chi connectivity index (χ3n) is 4.19. The van der Waals surface area contributed by atoms with Crippen molar-refractivity contribution in [3.8, 4) is 0 Å². The van der Waals surface area contributed by atoms with Gasteiger partial charge in [-0.25, -0.2) is 13.1 Å². The smallest absolute Gasteiger partial charge is 0.241 e. The summed E-state index contributed by atoms with van der Waals surface area (Å²) in [4.78, 5) is 1.39. The van der Waals surface area contributed by atoms with Crippen LogP contribution >= 0.6 is 11.3 Å². The summed E-state index contributed by atoms with van der Waals surface area (Å²) >= 11 is 1.52. The van der Waals surface area contributed by atoms with Gasteiger partial charge in [-0.1, -0.05) is 19.3 Å². The highest BCUT2D eigenvalue weighted by Crippen LogP contribution is 2.29. The minimum Gasteiger partial charge on any atom is -0.309 e. The van der Waals surface area contributed by atoms with Gasteiger partial charge in [0, 0.05) is 24.0 Å². The molecule has 0 aromatic carbocycles. The first kappa shape index (κ1) is 14.5. The zero-order valence-corrected chi connectivity index (χ0v) is 13.2. The monoisotopic (exact) mass is 314 g/mol. The first-order chi connectivity index (χ1) is 9.65. The van der Waals surface area contributed by atoms with Crippen molar-refractivity contribution in [2.45, 2.75) is 56.0 Å². The Kier molecular flexibility index (Phi) is 4.45. The Morgan fingerprint density at radius 2 is 2.05 bits per heavy atom. The van der Waals surface area contributed by atoms with E-state index >= 15 is 0 Å². The molecule has 2 aliphatic carbocycles. The molecule has 2 N–H and O–H groups in total. The van der Waals surface area contributed by atoms with Crippen molar-refractivity contribution in [3.05, 3.63) is 16.3 Å². The lowest BCUT2D eigenvalue weighted by atomic mass is 9.83. The van der Waals surface area contributed by atoms with Crippen molar-refractivity contribution in [1.29, 1.82) is 0 Å². The van der Waals surface area contributed by atoms with Crippen molar-refractivity contribution in [3.63, 3.8) is 0 Å². The van der Waals surface area contributed by atoms with Crippen LogP contribution in [-0.4, -0.2) is 21.0 Å². The molecular formula is C14H22N2O2S2. The van der Waals surface area contributed by atoms with Gasteiger partial charge in [0.05, 0.1) is 4.90 Å². The minimum atomic E-state index is -3.33. The standard InChI is InChI=1S/C14H22N2O2S2/c17-20(18,16-8-6-11-2-1-3-11)14-7-9-19-13(14)10-15-12-4-5-12/h7,9,11-12,15-16H,1-6,8,10H2. The molecule has 0 aliphatic heterocycles. The Labute approximate surface area is 125 Å². The van der Waals surface area contributed by atoms with E-state index in [4.69, 9.17) is 0 Å². The van der Waals surface area contributed by atoms with E-state index < -0.39 is 10.0 Å². The van der Waals surface area contributed by atoms with Gasteiger partial charge < -0.3 is 5.32 Å². The third kappa shape index (κ3) is 3.61. The highest BCUT2D eigenvalue weighted by atomic mass is 32.2. The van der Waals surface area contributed by atoms with Gasteiger partial charge in [-0.2, -0.15) is 0 Å². The van der Waals surface area contributed by atoms with E-state index in [-0.39, 0.29) is 0 Å². The molecule has 20 heavy (non-hydrogen) atoms. The molecule has 1 aromatic heterocycles. The van der Waals surface area contributed by atoms with Crippen molar-refractivity contribution in [2.75, 3.05) is 6.54 Å². The molecule has 2 saturated carbocycles. The molecule has 0 atom stereocenters. The molecule has 0 saturated heterocycles. The van der Waals surface area contributed by atoms with E-state index in [9.17, 15) is 8.42 Å². The van der Waals surface area contributed by atoms with Crippen LogP contribution in [0.2, 0.25) is 0 Å². The molecule has 0 bridgehead atoms. The van der Waals surface area contributed by atoms with Gasteiger partial charge in [0.15, 0.2) is 0 Å². The minimum absolute atomic E-state index is 0.462. The van der Waals surface area contributed by atoms with Gasteiger partial charge >= 0.3 is 0 Å².